The Morgan fingerprint density at radius 1 is 1.39 bits per heavy atom. The van der Waals surface area contributed by atoms with Crippen LogP contribution in [0.25, 0.3) is 0 Å². The minimum atomic E-state index is -0.223. The third-order valence-corrected chi connectivity index (χ3v) is 6.87. The van der Waals surface area contributed by atoms with E-state index in [9.17, 15) is 9.90 Å². The van der Waals surface area contributed by atoms with Crippen LogP contribution >= 0.6 is 0 Å². The molecule has 4 heteroatoms. The van der Waals surface area contributed by atoms with E-state index in [2.05, 4.69) is 24.9 Å². The number of hydrogen-bond acceptors (Lipinski definition) is 4. The number of ketones is 1. The molecule has 1 N–H and O–H groups in total. The Morgan fingerprint density at radius 2 is 2.17 bits per heavy atom. The molecule has 124 valence electrons. The van der Waals surface area contributed by atoms with E-state index in [0.717, 1.165) is 31.4 Å². The van der Waals surface area contributed by atoms with Gasteiger partial charge in [-0.1, -0.05) is 13.0 Å². The summed E-state index contributed by atoms with van der Waals surface area (Å²) in [6.07, 6.45) is 3.51. The first-order valence-corrected chi connectivity index (χ1v) is 8.63. The zero-order valence-electron chi connectivity index (χ0n) is 14.1. The van der Waals surface area contributed by atoms with Crippen LogP contribution in [0.3, 0.4) is 0 Å². The lowest BCUT2D eigenvalue weighted by Crippen LogP contribution is -2.63. The van der Waals surface area contributed by atoms with Crippen LogP contribution in [0, 0.1) is 11.8 Å². The number of piperidine rings is 1. The third kappa shape index (κ3) is 1.78. The standard InChI is InChI=1S/C19H25NO3/c1-11-15(21)6-5-13-14-10-12-4-7-16(23-3)18(22)17(12)19(11,13)8-9-20(14)2/h4,7,11,13-14,22H,5-6,8-10H2,1-3H3/t11-,13-,14-,19-/m1/s1. The van der Waals surface area contributed by atoms with Crippen molar-refractivity contribution in [2.45, 2.75) is 44.1 Å². The SMILES string of the molecule is COc1ccc2c(c1O)[C@@]13CCN(C)[C@H](C2)[C@H]1CCC(=O)[C@H]3C. The molecule has 0 spiro atoms. The van der Waals surface area contributed by atoms with Crippen LogP contribution in [0.15, 0.2) is 12.1 Å². The quantitative estimate of drug-likeness (QED) is 0.865. The number of nitrogens with zero attached hydrogens (tertiary/aromatic N) is 1. The lowest BCUT2D eigenvalue weighted by Gasteiger charge is -2.60. The maximum Gasteiger partial charge on any atom is 0.161 e. The van der Waals surface area contributed by atoms with Crippen molar-refractivity contribution in [1.82, 2.24) is 4.90 Å². The van der Waals surface area contributed by atoms with Crippen LogP contribution in [-0.4, -0.2) is 42.5 Å². The zero-order valence-corrected chi connectivity index (χ0v) is 14.1. The number of hydrogen-bond donors (Lipinski definition) is 1. The second kappa shape index (κ2) is 4.97. The molecular formula is C19H25NO3. The fourth-order valence-corrected chi connectivity index (χ4v) is 5.67. The van der Waals surface area contributed by atoms with Gasteiger partial charge in [0.1, 0.15) is 5.78 Å². The summed E-state index contributed by atoms with van der Waals surface area (Å²) >= 11 is 0. The molecule has 2 bridgehead atoms. The molecule has 0 amide bonds. The predicted octanol–water partition coefficient (Wildman–Crippen LogP) is 2.51. The van der Waals surface area contributed by atoms with E-state index in [1.54, 1.807) is 7.11 Å². The summed E-state index contributed by atoms with van der Waals surface area (Å²) in [6.45, 7) is 3.06. The largest absolute Gasteiger partial charge is 0.504 e. The Morgan fingerprint density at radius 3 is 2.91 bits per heavy atom. The lowest BCUT2D eigenvalue weighted by molar-refractivity contribution is -0.134. The number of carbonyl (C=O) groups is 1. The van der Waals surface area contributed by atoms with Gasteiger partial charge in [0.15, 0.2) is 11.5 Å². The molecule has 4 atom stereocenters. The number of aromatic hydroxyl groups is 1. The molecule has 4 rings (SSSR count). The van der Waals surface area contributed by atoms with Crippen molar-refractivity contribution in [3.05, 3.63) is 23.3 Å². The monoisotopic (exact) mass is 315 g/mol. The first-order valence-electron chi connectivity index (χ1n) is 8.63. The van der Waals surface area contributed by atoms with E-state index in [-0.39, 0.29) is 17.1 Å². The number of fused-ring (bicyclic) bond motifs is 1. The van der Waals surface area contributed by atoms with Gasteiger partial charge in [-0.15, -0.1) is 0 Å². The summed E-state index contributed by atoms with van der Waals surface area (Å²) in [6, 6.07) is 4.42. The fourth-order valence-electron chi connectivity index (χ4n) is 5.67. The molecule has 23 heavy (non-hydrogen) atoms. The number of phenols is 1. The molecule has 2 aliphatic carbocycles. The van der Waals surface area contributed by atoms with Gasteiger partial charge >= 0.3 is 0 Å². The van der Waals surface area contributed by atoms with E-state index in [0.29, 0.717) is 29.9 Å². The number of Topliss-reactive ketones (excluding diaryl/α,β-unsaturated/α-hetero) is 1. The molecule has 3 aliphatic rings. The highest BCUT2D eigenvalue weighted by Crippen LogP contribution is 2.60. The number of phenolic OH excluding ortho intramolecular Hbond substituents is 1. The summed E-state index contributed by atoms with van der Waals surface area (Å²) < 4.78 is 5.36. The molecule has 1 aromatic carbocycles. The van der Waals surface area contributed by atoms with Gasteiger partial charge in [0.2, 0.25) is 0 Å². The van der Waals surface area contributed by atoms with Crippen molar-refractivity contribution in [3.8, 4) is 11.5 Å². The summed E-state index contributed by atoms with van der Waals surface area (Å²) in [5, 5.41) is 10.9. The average Bonchev–Trinajstić information content (AvgIpc) is 2.54. The molecular weight excluding hydrogens is 290 g/mol. The maximum absolute atomic E-state index is 12.6. The normalized spacial score (nSPS) is 36.3. The second-order valence-electron chi connectivity index (χ2n) is 7.53. The highest BCUT2D eigenvalue weighted by atomic mass is 16.5. The van der Waals surface area contributed by atoms with E-state index in [1.165, 1.54) is 5.56 Å². The highest BCUT2D eigenvalue weighted by Gasteiger charge is 2.59. The first-order chi connectivity index (χ1) is 11.0. The van der Waals surface area contributed by atoms with Crippen LogP contribution in [0.5, 0.6) is 11.5 Å². The van der Waals surface area contributed by atoms with E-state index < -0.39 is 0 Å². The van der Waals surface area contributed by atoms with Gasteiger partial charge in [0.25, 0.3) is 0 Å². The predicted molar refractivity (Wildman–Crippen MR) is 88.0 cm³/mol. The Bertz CT molecular complexity index is 671. The topological polar surface area (TPSA) is 49.8 Å². The number of ether oxygens (including phenoxy) is 1. The first kappa shape index (κ1) is 15.0. The lowest BCUT2D eigenvalue weighted by atomic mass is 9.48. The molecule has 1 aromatic rings. The van der Waals surface area contributed by atoms with Crippen molar-refractivity contribution < 1.29 is 14.6 Å². The van der Waals surface area contributed by atoms with Gasteiger partial charge in [0, 0.05) is 29.4 Å². The van der Waals surface area contributed by atoms with E-state index in [4.69, 9.17) is 4.74 Å². The van der Waals surface area contributed by atoms with E-state index in [1.807, 2.05) is 6.07 Å². The van der Waals surface area contributed by atoms with Gasteiger partial charge in [-0.3, -0.25) is 4.79 Å². The summed E-state index contributed by atoms with van der Waals surface area (Å²) in [5.41, 5.74) is 1.98. The van der Waals surface area contributed by atoms with Crippen molar-refractivity contribution in [2.75, 3.05) is 20.7 Å². The molecule has 0 aromatic heterocycles. The summed E-state index contributed by atoms with van der Waals surface area (Å²) in [5.74, 6) is 1.55. The number of methoxy groups -OCH3 is 1. The van der Waals surface area contributed by atoms with Crippen molar-refractivity contribution in [2.24, 2.45) is 11.8 Å². The van der Waals surface area contributed by atoms with E-state index >= 15 is 0 Å². The Kier molecular flexibility index (Phi) is 3.24. The van der Waals surface area contributed by atoms with Crippen molar-refractivity contribution in [3.63, 3.8) is 0 Å². The minimum absolute atomic E-state index is 0.0329. The van der Waals surface area contributed by atoms with Crippen LogP contribution in [0.1, 0.15) is 37.3 Å². The Hall–Kier alpha value is -1.55. The number of likely N-dealkylation sites (N-methyl/N-ethyl adjacent to an activating group) is 1. The van der Waals surface area contributed by atoms with Crippen molar-refractivity contribution >= 4 is 5.78 Å². The Balaban J connectivity index is 1.99. The molecule has 1 saturated carbocycles. The van der Waals surface area contributed by atoms with Crippen molar-refractivity contribution in [1.29, 1.82) is 0 Å². The number of benzene rings is 1. The molecule has 1 aliphatic heterocycles. The Labute approximate surface area is 137 Å². The molecule has 4 nitrogen and oxygen atoms in total. The molecule has 0 unspecified atom stereocenters. The van der Waals surface area contributed by atoms with Gasteiger partial charge < -0.3 is 14.7 Å². The number of carbonyl (C=O) groups excluding carboxylic acids is 1. The van der Waals surface area contributed by atoms with Crippen LogP contribution in [-0.2, 0) is 16.6 Å². The highest BCUT2D eigenvalue weighted by molar-refractivity contribution is 5.84. The molecule has 1 saturated heterocycles. The maximum atomic E-state index is 12.6. The van der Waals surface area contributed by atoms with Gasteiger partial charge in [-0.05, 0) is 50.4 Å². The summed E-state index contributed by atoms with van der Waals surface area (Å²) in [7, 11) is 3.79. The van der Waals surface area contributed by atoms with Gasteiger partial charge in [-0.2, -0.15) is 0 Å². The fraction of sp³-hybridized carbons (Fsp3) is 0.632. The molecule has 1 heterocycles. The smallest absolute Gasteiger partial charge is 0.161 e. The number of rotatable bonds is 1. The summed E-state index contributed by atoms with van der Waals surface area (Å²) in [4.78, 5) is 15.0. The molecule has 0 radical (unpaired) electrons. The van der Waals surface area contributed by atoms with Crippen LogP contribution in [0.4, 0.5) is 0 Å². The van der Waals surface area contributed by atoms with Gasteiger partial charge in [-0.25, -0.2) is 0 Å². The second-order valence-corrected chi connectivity index (χ2v) is 7.53. The molecule has 2 fully saturated rings. The van der Waals surface area contributed by atoms with Gasteiger partial charge in [0.05, 0.1) is 7.11 Å². The average molecular weight is 315 g/mol. The van der Waals surface area contributed by atoms with Crippen LogP contribution < -0.4 is 4.74 Å². The zero-order chi connectivity index (χ0) is 16.4. The minimum Gasteiger partial charge on any atom is -0.504 e. The third-order valence-electron chi connectivity index (χ3n) is 6.87. The number of likely N-dealkylation sites (tertiary alicyclic amines) is 1. The van der Waals surface area contributed by atoms with Crippen LogP contribution in [0.2, 0.25) is 0 Å².